The van der Waals surface area contributed by atoms with Crippen LogP contribution >= 0.6 is 27.1 Å². The minimum Gasteiger partial charge on any atom is -0.169 e. The smallest absolute Gasteiger partial charge is 0.0329 e. The van der Waals surface area contributed by atoms with Gasteiger partial charge in [-0.05, 0) is 38.5 Å². The van der Waals surface area contributed by atoms with Crippen molar-refractivity contribution >= 4 is 31.6 Å². The van der Waals surface area contributed by atoms with Gasteiger partial charge in [-0.15, -0.1) is 0 Å². The third-order valence-electron chi connectivity index (χ3n) is 2.83. The number of fused-ring (bicyclic) bond motifs is 1. The van der Waals surface area contributed by atoms with E-state index >= 15 is 0 Å². The van der Waals surface area contributed by atoms with Crippen LogP contribution in [-0.4, -0.2) is 0 Å². The Labute approximate surface area is 111 Å². The summed E-state index contributed by atoms with van der Waals surface area (Å²) in [4.78, 5) is 0.924. The van der Waals surface area contributed by atoms with Crippen molar-refractivity contribution in [2.45, 2.75) is 4.90 Å². The first kappa shape index (κ1) is 11.1. The van der Waals surface area contributed by atoms with Crippen molar-refractivity contribution < 1.29 is 4.55 Å². The third-order valence-corrected chi connectivity index (χ3v) is 5.18. The first-order chi connectivity index (χ1) is 8.25. The summed E-state index contributed by atoms with van der Waals surface area (Å²) >= 11 is 2.05. The standard InChI is InChI=1S/C14H10BrOS/c15-13-9-17(16)14-8-11(6-7-12(13)14)10-4-2-1-3-5-10/h1-9,17H. The molecular formula is C14H10BrOS. The minimum atomic E-state index is -1.39. The number of rotatable bonds is 1. The Bertz CT molecular complexity index is 592. The van der Waals surface area contributed by atoms with Crippen LogP contribution in [-0.2, 0) is 4.55 Å². The van der Waals surface area contributed by atoms with Crippen LogP contribution in [0.2, 0.25) is 0 Å². The lowest BCUT2D eigenvalue weighted by molar-refractivity contribution is 0.523. The van der Waals surface area contributed by atoms with Crippen LogP contribution in [0.3, 0.4) is 0 Å². The highest BCUT2D eigenvalue weighted by atomic mass is 79.9. The maximum absolute atomic E-state index is 11.9. The lowest BCUT2D eigenvalue weighted by atomic mass is 10.0. The first-order valence-electron chi connectivity index (χ1n) is 5.29. The summed E-state index contributed by atoms with van der Waals surface area (Å²) in [5, 5.41) is 1.77. The van der Waals surface area contributed by atoms with Crippen LogP contribution < -0.4 is 0 Å². The molecule has 1 atom stereocenters. The molecular weight excluding hydrogens is 296 g/mol. The normalized spacial score (nSPS) is 19.9. The molecule has 0 saturated carbocycles. The highest BCUT2D eigenvalue weighted by Gasteiger charge is 2.19. The maximum Gasteiger partial charge on any atom is 0.0329 e. The van der Waals surface area contributed by atoms with Gasteiger partial charge in [0.2, 0.25) is 0 Å². The number of thiol groups is 1. The van der Waals surface area contributed by atoms with Crippen LogP contribution in [0.4, 0.5) is 0 Å². The molecule has 0 aliphatic carbocycles. The average molecular weight is 306 g/mol. The van der Waals surface area contributed by atoms with E-state index in [1.807, 2.05) is 30.3 Å². The SMILES string of the molecule is [O][SH]1C=C(Br)c2ccc(-c3ccccc3)cc21. The minimum absolute atomic E-state index is 0.924. The van der Waals surface area contributed by atoms with E-state index in [4.69, 9.17) is 0 Å². The summed E-state index contributed by atoms with van der Waals surface area (Å²) in [5.41, 5.74) is 3.32. The van der Waals surface area contributed by atoms with E-state index in [0.717, 1.165) is 26.1 Å². The summed E-state index contributed by atoms with van der Waals surface area (Å²) in [6.07, 6.45) is 0. The summed E-state index contributed by atoms with van der Waals surface area (Å²) < 4.78 is 12.8. The molecule has 1 heterocycles. The molecule has 2 aromatic carbocycles. The molecule has 1 radical (unpaired) electrons. The first-order valence-corrected chi connectivity index (χ1v) is 7.41. The summed E-state index contributed by atoms with van der Waals surface area (Å²) in [6.45, 7) is 0. The van der Waals surface area contributed by atoms with Crippen LogP contribution in [0.1, 0.15) is 5.56 Å². The molecule has 1 aliphatic heterocycles. The topological polar surface area (TPSA) is 19.9 Å². The van der Waals surface area contributed by atoms with Gasteiger partial charge in [0.25, 0.3) is 0 Å². The molecule has 2 aromatic rings. The zero-order chi connectivity index (χ0) is 11.8. The van der Waals surface area contributed by atoms with Crippen LogP contribution in [0.15, 0.2) is 58.8 Å². The fourth-order valence-electron chi connectivity index (χ4n) is 1.97. The fourth-order valence-corrected chi connectivity index (χ4v) is 4.21. The second-order valence-corrected chi connectivity index (χ2v) is 6.15. The number of hydrogen-bond acceptors (Lipinski definition) is 0. The van der Waals surface area contributed by atoms with Crippen molar-refractivity contribution in [1.29, 1.82) is 0 Å². The Morgan fingerprint density at radius 1 is 0.941 bits per heavy atom. The molecule has 1 nitrogen and oxygen atoms in total. The second-order valence-electron chi connectivity index (χ2n) is 3.90. The lowest BCUT2D eigenvalue weighted by Crippen LogP contribution is -1.83. The summed E-state index contributed by atoms with van der Waals surface area (Å²) in [5.74, 6) is 0. The van der Waals surface area contributed by atoms with Gasteiger partial charge >= 0.3 is 0 Å². The number of benzene rings is 2. The van der Waals surface area contributed by atoms with Gasteiger partial charge in [-0.2, -0.15) is 4.55 Å². The van der Waals surface area contributed by atoms with Crippen molar-refractivity contribution in [3.63, 3.8) is 0 Å². The van der Waals surface area contributed by atoms with Crippen LogP contribution in [0.25, 0.3) is 15.6 Å². The predicted octanol–water partition coefficient (Wildman–Crippen LogP) is 4.77. The van der Waals surface area contributed by atoms with Gasteiger partial charge < -0.3 is 0 Å². The van der Waals surface area contributed by atoms with Crippen molar-refractivity contribution in [2.75, 3.05) is 0 Å². The average Bonchev–Trinajstić information content (AvgIpc) is 2.66. The maximum atomic E-state index is 11.9. The van der Waals surface area contributed by atoms with Crippen molar-refractivity contribution in [1.82, 2.24) is 0 Å². The Morgan fingerprint density at radius 2 is 1.71 bits per heavy atom. The largest absolute Gasteiger partial charge is 0.169 e. The molecule has 0 saturated heterocycles. The zero-order valence-corrected chi connectivity index (χ0v) is 11.4. The van der Waals surface area contributed by atoms with E-state index in [1.54, 1.807) is 5.41 Å². The highest BCUT2D eigenvalue weighted by Crippen LogP contribution is 2.50. The Balaban J connectivity index is 2.10. The van der Waals surface area contributed by atoms with E-state index < -0.39 is 11.2 Å². The molecule has 85 valence electrons. The number of halogens is 1. The summed E-state index contributed by atoms with van der Waals surface area (Å²) in [7, 11) is 0. The molecule has 0 amide bonds. The Kier molecular flexibility index (Phi) is 2.82. The fraction of sp³-hybridized carbons (Fsp3) is 0. The molecule has 3 heteroatoms. The van der Waals surface area contributed by atoms with E-state index in [2.05, 4.69) is 34.1 Å². The van der Waals surface area contributed by atoms with Gasteiger partial charge in [-0.1, -0.05) is 53.6 Å². The summed E-state index contributed by atoms with van der Waals surface area (Å²) in [6, 6.07) is 16.3. The molecule has 0 fully saturated rings. The molecule has 1 unspecified atom stereocenters. The van der Waals surface area contributed by atoms with E-state index in [-0.39, 0.29) is 0 Å². The molecule has 1 aliphatic rings. The lowest BCUT2D eigenvalue weighted by Gasteiger charge is -2.08. The monoisotopic (exact) mass is 305 g/mol. The van der Waals surface area contributed by atoms with Crippen molar-refractivity contribution in [3.05, 3.63) is 59.5 Å². The van der Waals surface area contributed by atoms with E-state index in [0.29, 0.717) is 0 Å². The third kappa shape index (κ3) is 1.95. The predicted molar refractivity (Wildman–Crippen MR) is 76.7 cm³/mol. The molecule has 0 N–H and O–H groups in total. The van der Waals surface area contributed by atoms with Gasteiger partial charge in [-0.25, -0.2) is 0 Å². The molecule has 3 rings (SSSR count). The Morgan fingerprint density at radius 3 is 2.47 bits per heavy atom. The molecule has 0 aromatic heterocycles. The van der Waals surface area contributed by atoms with E-state index in [9.17, 15) is 4.55 Å². The second kappa shape index (κ2) is 4.33. The van der Waals surface area contributed by atoms with Crippen LogP contribution in [0, 0.1) is 0 Å². The van der Waals surface area contributed by atoms with Gasteiger partial charge in [-0.3, -0.25) is 0 Å². The van der Waals surface area contributed by atoms with Gasteiger partial charge in [0, 0.05) is 14.9 Å². The zero-order valence-electron chi connectivity index (χ0n) is 8.93. The molecule has 17 heavy (non-hydrogen) atoms. The van der Waals surface area contributed by atoms with Crippen LogP contribution in [0.5, 0.6) is 0 Å². The Hall–Kier alpha value is -1.03. The highest BCUT2D eigenvalue weighted by molar-refractivity contribution is 9.15. The molecule has 0 bridgehead atoms. The number of hydrogen-bond donors (Lipinski definition) is 1. The van der Waals surface area contributed by atoms with Gasteiger partial charge in [0.1, 0.15) is 0 Å². The van der Waals surface area contributed by atoms with Gasteiger partial charge in [0.05, 0.1) is 0 Å². The van der Waals surface area contributed by atoms with Crippen molar-refractivity contribution in [3.8, 4) is 11.1 Å². The van der Waals surface area contributed by atoms with Crippen molar-refractivity contribution in [2.24, 2.45) is 0 Å². The van der Waals surface area contributed by atoms with Gasteiger partial charge in [0.15, 0.2) is 0 Å². The quantitative estimate of drug-likeness (QED) is 0.733. The molecule has 0 spiro atoms. The van der Waals surface area contributed by atoms with E-state index in [1.165, 1.54) is 0 Å².